The molecular weight excluding hydrogens is 266 g/mol. The summed E-state index contributed by atoms with van der Waals surface area (Å²) in [6.45, 7) is 5.03. The topological polar surface area (TPSA) is 55.4 Å². The van der Waals surface area contributed by atoms with E-state index in [0.717, 1.165) is 10.8 Å². The first-order valence-corrected chi connectivity index (χ1v) is 6.97. The Labute approximate surface area is 124 Å². The summed E-state index contributed by atoms with van der Waals surface area (Å²) in [4.78, 5) is 23.5. The van der Waals surface area contributed by atoms with Gasteiger partial charge in [0.2, 0.25) is 0 Å². The number of anilines is 1. The molecule has 2 rings (SSSR count). The molecule has 21 heavy (non-hydrogen) atoms. The first-order valence-electron chi connectivity index (χ1n) is 6.97. The second-order valence-electron chi connectivity index (χ2n) is 5.28. The Hall–Kier alpha value is -2.36. The van der Waals surface area contributed by atoms with Gasteiger partial charge in [0.1, 0.15) is 0 Å². The molecule has 110 valence electrons. The third-order valence-electron chi connectivity index (χ3n) is 3.15. The van der Waals surface area contributed by atoms with Crippen molar-refractivity contribution in [3.8, 4) is 0 Å². The molecule has 4 heteroatoms. The number of esters is 1. The number of benzene rings is 2. The van der Waals surface area contributed by atoms with E-state index in [2.05, 4.69) is 5.32 Å². The summed E-state index contributed by atoms with van der Waals surface area (Å²) >= 11 is 0. The maximum atomic E-state index is 12.0. The van der Waals surface area contributed by atoms with Gasteiger partial charge in [0.05, 0.1) is 5.92 Å². The third kappa shape index (κ3) is 3.81. The van der Waals surface area contributed by atoms with Crippen LogP contribution in [-0.4, -0.2) is 18.0 Å². The molecule has 1 atom stereocenters. The van der Waals surface area contributed by atoms with E-state index in [0.29, 0.717) is 5.69 Å². The van der Waals surface area contributed by atoms with Crippen molar-refractivity contribution in [3.63, 3.8) is 0 Å². The number of fused-ring (bicyclic) bond motifs is 1. The molecule has 2 aromatic rings. The van der Waals surface area contributed by atoms with Crippen LogP contribution in [0.3, 0.4) is 0 Å². The molecule has 1 amide bonds. The van der Waals surface area contributed by atoms with Crippen LogP contribution >= 0.6 is 0 Å². The molecule has 0 spiro atoms. The van der Waals surface area contributed by atoms with Gasteiger partial charge >= 0.3 is 5.97 Å². The number of hydrogen-bond acceptors (Lipinski definition) is 3. The number of nitrogens with one attached hydrogen (secondary N) is 1. The van der Waals surface area contributed by atoms with E-state index in [4.69, 9.17) is 4.74 Å². The van der Waals surface area contributed by atoms with Crippen molar-refractivity contribution < 1.29 is 14.3 Å². The number of rotatable bonds is 4. The minimum Gasteiger partial charge on any atom is -0.452 e. The predicted octanol–water partition coefficient (Wildman–Crippen LogP) is 3.37. The highest BCUT2D eigenvalue weighted by Crippen LogP contribution is 2.19. The molecule has 0 bridgehead atoms. The standard InChI is InChI=1S/C17H19NO3/c1-11(2)17(20)21-12(3)16(19)18-15-9-8-13-6-4-5-7-14(13)10-15/h4-12H,1-3H3,(H,18,19)/t12-/m0/s1. The minimum atomic E-state index is -0.814. The van der Waals surface area contributed by atoms with Gasteiger partial charge in [-0.05, 0) is 29.8 Å². The number of carbonyl (C=O) groups excluding carboxylic acids is 2. The molecule has 0 aliphatic rings. The Bertz CT molecular complexity index is 664. The first-order chi connectivity index (χ1) is 9.97. The highest BCUT2D eigenvalue weighted by molar-refractivity contribution is 5.97. The van der Waals surface area contributed by atoms with Gasteiger partial charge in [0.25, 0.3) is 5.91 Å². The van der Waals surface area contributed by atoms with E-state index >= 15 is 0 Å². The monoisotopic (exact) mass is 285 g/mol. The van der Waals surface area contributed by atoms with Crippen molar-refractivity contribution >= 4 is 28.3 Å². The van der Waals surface area contributed by atoms with E-state index in [-0.39, 0.29) is 17.8 Å². The van der Waals surface area contributed by atoms with Gasteiger partial charge in [0.15, 0.2) is 6.10 Å². The van der Waals surface area contributed by atoms with Crippen molar-refractivity contribution in [1.29, 1.82) is 0 Å². The molecule has 0 saturated heterocycles. The fraction of sp³-hybridized carbons (Fsp3) is 0.294. The summed E-state index contributed by atoms with van der Waals surface area (Å²) in [6.07, 6.45) is -0.814. The Morgan fingerprint density at radius 3 is 2.33 bits per heavy atom. The molecule has 0 fully saturated rings. The molecule has 0 unspecified atom stereocenters. The van der Waals surface area contributed by atoms with Crippen LogP contribution in [0.25, 0.3) is 10.8 Å². The minimum absolute atomic E-state index is 0.249. The van der Waals surface area contributed by atoms with Gasteiger partial charge < -0.3 is 10.1 Å². The first kappa shape index (κ1) is 15.0. The van der Waals surface area contributed by atoms with Crippen molar-refractivity contribution in [2.24, 2.45) is 5.92 Å². The fourth-order valence-corrected chi connectivity index (χ4v) is 1.87. The molecule has 0 saturated carbocycles. The smallest absolute Gasteiger partial charge is 0.309 e. The van der Waals surface area contributed by atoms with Crippen molar-refractivity contribution in [3.05, 3.63) is 42.5 Å². The predicted molar refractivity (Wildman–Crippen MR) is 83.0 cm³/mol. The summed E-state index contributed by atoms with van der Waals surface area (Å²) < 4.78 is 5.08. The Morgan fingerprint density at radius 1 is 1.00 bits per heavy atom. The normalized spacial score (nSPS) is 12.2. The van der Waals surface area contributed by atoms with Crippen LogP contribution in [0.15, 0.2) is 42.5 Å². The van der Waals surface area contributed by atoms with Crippen LogP contribution in [-0.2, 0) is 14.3 Å². The lowest BCUT2D eigenvalue weighted by atomic mass is 10.1. The number of amides is 1. The third-order valence-corrected chi connectivity index (χ3v) is 3.15. The van der Waals surface area contributed by atoms with Crippen molar-refractivity contribution in [1.82, 2.24) is 0 Å². The Morgan fingerprint density at radius 2 is 1.67 bits per heavy atom. The summed E-state index contributed by atoms with van der Waals surface area (Å²) in [5.74, 6) is -0.962. The number of carbonyl (C=O) groups is 2. The molecule has 0 aromatic heterocycles. The van der Waals surface area contributed by atoms with Gasteiger partial charge in [-0.2, -0.15) is 0 Å². The zero-order chi connectivity index (χ0) is 15.4. The number of hydrogen-bond donors (Lipinski definition) is 1. The van der Waals surface area contributed by atoms with Gasteiger partial charge in [-0.15, -0.1) is 0 Å². The Kier molecular flexibility index (Phi) is 4.58. The second-order valence-corrected chi connectivity index (χ2v) is 5.28. The Balaban J connectivity index is 2.05. The van der Waals surface area contributed by atoms with Crippen LogP contribution in [0.4, 0.5) is 5.69 Å². The van der Waals surface area contributed by atoms with E-state index < -0.39 is 6.10 Å². The fourth-order valence-electron chi connectivity index (χ4n) is 1.87. The molecule has 4 nitrogen and oxygen atoms in total. The lowest BCUT2D eigenvalue weighted by molar-refractivity contribution is -0.156. The maximum Gasteiger partial charge on any atom is 0.309 e. The lowest BCUT2D eigenvalue weighted by Crippen LogP contribution is -2.31. The quantitative estimate of drug-likeness (QED) is 0.876. The summed E-state index contributed by atoms with van der Waals surface area (Å²) in [7, 11) is 0. The molecule has 0 radical (unpaired) electrons. The van der Waals surface area contributed by atoms with Gasteiger partial charge in [0, 0.05) is 5.69 Å². The maximum absolute atomic E-state index is 12.0. The van der Waals surface area contributed by atoms with Crippen LogP contribution in [0.5, 0.6) is 0 Å². The molecule has 0 aliphatic carbocycles. The average Bonchev–Trinajstić information content (AvgIpc) is 2.46. The van der Waals surface area contributed by atoms with Gasteiger partial charge in [-0.25, -0.2) is 0 Å². The lowest BCUT2D eigenvalue weighted by Gasteiger charge is -2.15. The van der Waals surface area contributed by atoms with E-state index in [1.165, 1.54) is 0 Å². The van der Waals surface area contributed by atoms with Crippen molar-refractivity contribution in [2.75, 3.05) is 5.32 Å². The van der Waals surface area contributed by atoms with Crippen LogP contribution < -0.4 is 5.32 Å². The van der Waals surface area contributed by atoms with Crippen LogP contribution in [0.2, 0.25) is 0 Å². The zero-order valence-electron chi connectivity index (χ0n) is 12.4. The number of ether oxygens (including phenoxy) is 1. The average molecular weight is 285 g/mol. The van der Waals surface area contributed by atoms with Gasteiger partial charge in [-0.1, -0.05) is 44.2 Å². The highest BCUT2D eigenvalue weighted by Gasteiger charge is 2.19. The molecular formula is C17H19NO3. The van der Waals surface area contributed by atoms with Crippen LogP contribution in [0.1, 0.15) is 20.8 Å². The summed E-state index contributed by atoms with van der Waals surface area (Å²) in [5.41, 5.74) is 0.686. The second kappa shape index (κ2) is 6.39. The van der Waals surface area contributed by atoms with E-state index in [9.17, 15) is 9.59 Å². The van der Waals surface area contributed by atoms with E-state index in [1.807, 2.05) is 42.5 Å². The van der Waals surface area contributed by atoms with Crippen LogP contribution in [0, 0.1) is 5.92 Å². The molecule has 2 aromatic carbocycles. The van der Waals surface area contributed by atoms with Gasteiger partial charge in [-0.3, -0.25) is 9.59 Å². The van der Waals surface area contributed by atoms with Crippen molar-refractivity contribution in [2.45, 2.75) is 26.9 Å². The zero-order valence-corrected chi connectivity index (χ0v) is 12.4. The van der Waals surface area contributed by atoms with E-state index in [1.54, 1.807) is 20.8 Å². The molecule has 0 heterocycles. The summed E-state index contributed by atoms with van der Waals surface area (Å²) in [5, 5.41) is 4.91. The largest absolute Gasteiger partial charge is 0.452 e. The SMILES string of the molecule is CC(C)C(=O)O[C@@H](C)C(=O)Nc1ccc2ccccc2c1. The highest BCUT2D eigenvalue weighted by atomic mass is 16.5. The summed E-state index contributed by atoms with van der Waals surface area (Å²) in [6, 6.07) is 13.6. The molecule has 1 N–H and O–H groups in total. The molecule has 0 aliphatic heterocycles.